The molecule has 1 heteroatoms. The van der Waals surface area contributed by atoms with Crippen LogP contribution in [0, 0.1) is 28.6 Å². The second-order valence-corrected chi connectivity index (χ2v) is 8.40. The molecule has 20 heavy (non-hydrogen) atoms. The van der Waals surface area contributed by atoms with Crippen LogP contribution in [-0.2, 0) is 0 Å². The number of hydrogen-bond acceptors (Lipinski definition) is 1. The maximum Gasteiger partial charge on any atom is 0.0577 e. The van der Waals surface area contributed by atoms with E-state index in [4.69, 9.17) is 0 Å². The molecule has 0 amide bonds. The Labute approximate surface area is 123 Å². The van der Waals surface area contributed by atoms with Gasteiger partial charge in [-0.15, -0.1) is 0 Å². The quantitative estimate of drug-likeness (QED) is 0.645. The number of aliphatic hydroxyl groups excluding tert-OH is 1. The molecule has 0 aromatic heterocycles. The van der Waals surface area contributed by atoms with Crippen molar-refractivity contribution in [3.8, 4) is 0 Å². The molecule has 0 spiro atoms. The Hall–Kier alpha value is -0.560. The Morgan fingerprint density at radius 1 is 1.20 bits per heavy atom. The topological polar surface area (TPSA) is 20.2 Å². The highest BCUT2D eigenvalue weighted by atomic mass is 16.3. The molecule has 2 fully saturated rings. The molecule has 0 unspecified atom stereocenters. The Morgan fingerprint density at radius 3 is 2.90 bits per heavy atom. The van der Waals surface area contributed by atoms with Gasteiger partial charge in [0.2, 0.25) is 0 Å². The van der Waals surface area contributed by atoms with Crippen molar-refractivity contribution in [3.05, 3.63) is 23.8 Å². The van der Waals surface area contributed by atoms with Gasteiger partial charge in [0.25, 0.3) is 0 Å². The van der Waals surface area contributed by atoms with Crippen molar-refractivity contribution in [2.45, 2.75) is 64.9 Å². The Balaban J connectivity index is 1.70. The van der Waals surface area contributed by atoms with Crippen LogP contribution in [0.2, 0.25) is 0 Å². The molecule has 1 N–H and O–H groups in total. The predicted octanol–water partition coefficient (Wildman–Crippen LogP) is 4.48. The van der Waals surface area contributed by atoms with Gasteiger partial charge in [0.1, 0.15) is 0 Å². The van der Waals surface area contributed by atoms with E-state index in [0.29, 0.717) is 10.8 Å². The minimum atomic E-state index is -0.0777. The summed E-state index contributed by atoms with van der Waals surface area (Å²) in [5.41, 5.74) is 2.53. The third-order valence-electron chi connectivity index (χ3n) is 7.38. The van der Waals surface area contributed by atoms with Crippen LogP contribution in [0.25, 0.3) is 0 Å². The van der Waals surface area contributed by atoms with Crippen LogP contribution in [0.5, 0.6) is 0 Å². The second-order valence-electron chi connectivity index (χ2n) is 8.40. The van der Waals surface area contributed by atoms with Crippen molar-refractivity contribution < 1.29 is 5.11 Å². The van der Waals surface area contributed by atoms with Gasteiger partial charge in [-0.05, 0) is 73.5 Å². The average molecular weight is 272 g/mol. The highest BCUT2D eigenvalue weighted by Gasteiger charge is 2.54. The van der Waals surface area contributed by atoms with E-state index in [1.54, 1.807) is 5.57 Å². The second kappa shape index (κ2) is 4.22. The van der Waals surface area contributed by atoms with Gasteiger partial charge < -0.3 is 5.11 Å². The van der Waals surface area contributed by atoms with E-state index >= 15 is 0 Å². The molecule has 110 valence electrons. The van der Waals surface area contributed by atoms with Crippen LogP contribution in [0.4, 0.5) is 0 Å². The highest BCUT2D eigenvalue weighted by molar-refractivity contribution is 5.26. The molecule has 1 nitrogen and oxygen atoms in total. The molecule has 4 aliphatic rings. The number of aliphatic hydroxyl groups is 1. The van der Waals surface area contributed by atoms with Gasteiger partial charge in [0.05, 0.1) is 6.10 Å². The summed E-state index contributed by atoms with van der Waals surface area (Å²) in [7, 11) is 0. The van der Waals surface area contributed by atoms with Gasteiger partial charge in [0, 0.05) is 0 Å². The number of rotatable bonds is 0. The lowest BCUT2D eigenvalue weighted by atomic mass is 9.48. The molecule has 2 saturated carbocycles. The summed E-state index contributed by atoms with van der Waals surface area (Å²) in [6, 6.07) is 0. The van der Waals surface area contributed by atoms with Crippen molar-refractivity contribution in [2.75, 3.05) is 0 Å². The first-order valence-electron chi connectivity index (χ1n) is 8.57. The summed E-state index contributed by atoms with van der Waals surface area (Å²) in [5.74, 6) is 2.52. The molecule has 4 aliphatic carbocycles. The molecule has 4 rings (SSSR count). The van der Waals surface area contributed by atoms with Gasteiger partial charge in [-0.1, -0.05) is 37.6 Å². The maximum absolute atomic E-state index is 10.00. The van der Waals surface area contributed by atoms with E-state index in [2.05, 4.69) is 32.1 Å². The fraction of sp³-hybridized carbons (Fsp3) is 0.789. The summed E-state index contributed by atoms with van der Waals surface area (Å²) < 4.78 is 0. The Morgan fingerprint density at radius 2 is 2.05 bits per heavy atom. The zero-order chi connectivity index (χ0) is 14.0. The fourth-order valence-corrected chi connectivity index (χ4v) is 6.07. The molecule has 0 bridgehead atoms. The van der Waals surface area contributed by atoms with Crippen molar-refractivity contribution in [1.82, 2.24) is 0 Å². The highest BCUT2D eigenvalue weighted by Crippen LogP contribution is 2.63. The van der Waals surface area contributed by atoms with Gasteiger partial charge >= 0.3 is 0 Å². The number of hydrogen-bond donors (Lipinski definition) is 1. The molecule has 0 heterocycles. The third-order valence-corrected chi connectivity index (χ3v) is 7.38. The van der Waals surface area contributed by atoms with Crippen molar-refractivity contribution in [2.24, 2.45) is 28.6 Å². The molecule has 0 saturated heterocycles. The largest absolute Gasteiger partial charge is 0.393 e. The monoisotopic (exact) mass is 272 g/mol. The molecule has 0 radical (unpaired) electrons. The summed E-state index contributed by atoms with van der Waals surface area (Å²) in [5, 5.41) is 10.00. The molecule has 0 aliphatic heterocycles. The fourth-order valence-electron chi connectivity index (χ4n) is 6.07. The minimum absolute atomic E-state index is 0.0777. The summed E-state index contributed by atoms with van der Waals surface area (Å²) >= 11 is 0. The lowest BCUT2D eigenvalue weighted by Gasteiger charge is -2.57. The average Bonchev–Trinajstić information content (AvgIpc) is 2.81. The van der Waals surface area contributed by atoms with E-state index in [1.165, 1.54) is 32.1 Å². The van der Waals surface area contributed by atoms with Gasteiger partial charge in [-0.25, -0.2) is 0 Å². The number of fused-ring (bicyclic) bond motifs is 5. The summed E-state index contributed by atoms with van der Waals surface area (Å²) in [6.07, 6.45) is 15.9. The van der Waals surface area contributed by atoms with Crippen LogP contribution in [-0.4, -0.2) is 11.2 Å². The summed E-state index contributed by atoms with van der Waals surface area (Å²) in [4.78, 5) is 0. The summed E-state index contributed by atoms with van der Waals surface area (Å²) in [6.45, 7) is 5.02. The lowest BCUT2D eigenvalue weighted by Crippen LogP contribution is -2.49. The van der Waals surface area contributed by atoms with Crippen molar-refractivity contribution >= 4 is 0 Å². The first kappa shape index (κ1) is 13.1. The van der Waals surface area contributed by atoms with Gasteiger partial charge in [0.15, 0.2) is 0 Å². The molecular formula is C19H28O. The maximum atomic E-state index is 10.00. The van der Waals surface area contributed by atoms with Crippen LogP contribution in [0.1, 0.15) is 58.8 Å². The van der Waals surface area contributed by atoms with E-state index < -0.39 is 0 Å². The Kier molecular flexibility index (Phi) is 2.77. The normalized spacial score (nSPS) is 53.9. The molecule has 0 aromatic carbocycles. The van der Waals surface area contributed by atoms with E-state index in [1.807, 2.05) is 0 Å². The van der Waals surface area contributed by atoms with Crippen LogP contribution in [0.15, 0.2) is 23.8 Å². The van der Waals surface area contributed by atoms with Crippen molar-refractivity contribution in [3.63, 3.8) is 0 Å². The first-order valence-corrected chi connectivity index (χ1v) is 8.57. The Bertz CT molecular complexity index is 476. The SMILES string of the molecule is C[C@@]12CC=C[C@H]1[C@@H]1CC=C3C[C@@H](O)CC[C@]3(C)[C@H]1CC2. The van der Waals surface area contributed by atoms with E-state index in [-0.39, 0.29) is 6.10 Å². The lowest BCUT2D eigenvalue weighted by molar-refractivity contribution is -0.0258. The number of allylic oxidation sites excluding steroid dienone is 3. The van der Waals surface area contributed by atoms with Crippen LogP contribution >= 0.6 is 0 Å². The zero-order valence-electron chi connectivity index (χ0n) is 12.9. The van der Waals surface area contributed by atoms with Crippen molar-refractivity contribution in [1.29, 1.82) is 0 Å². The van der Waals surface area contributed by atoms with E-state index in [0.717, 1.165) is 30.6 Å². The van der Waals surface area contributed by atoms with Gasteiger partial charge in [-0.2, -0.15) is 0 Å². The smallest absolute Gasteiger partial charge is 0.0577 e. The molecule has 6 atom stereocenters. The van der Waals surface area contributed by atoms with Crippen LogP contribution in [0.3, 0.4) is 0 Å². The third kappa shape index (κ3) is 1.65. The molecule has 0 aromatic rings. The standard InChI is InChI=1S/C19H28O/c1-18-9-3-4-16(18)15-6-5-13-12-14(20)7-11-19(13,2)17(15)8-10-18/h3-5,14-17,20H,6-12H2,1-2H3/t14-,15-,16-,17-,18-,19-/m0/s1. The molecular weight excluding hydrogens is 244 g/mol. The minimum Gasteiger partial charge on any atom is -0.393 e. The van der Waals surface area contributed by atoms with Crippen LogP contribution < -0.4 is 0 Å². The predicted molar refractivity (Wildman–Crippen MR) is 82.2 cm³/mol. The van der Waals surface area contributed by atoms with Gasteiger partial charge in [-0.3, -0.25) is 0 Å². The first-order chi connectivity index (χ1) is 9.53. The zero-order valence-corrected chi connectivity index (χ0v) is 12.9. The van der Waals surface area contributed by atoms with E-state index in [9.17, 15) is 5.11 Å².